The van der Waals surface area contributed by atoms with E-state index in [0.717, 1.165) is 29.1 Å². The Morgan fingerprint density at radius 1 is 1.23 bits per heavy atom. The summed E-state index contributed by atoms with van der Waals surface area (Å²) in [5.41, 5.74) is 4.21. The van der Waals surface area contributed by atoms with Gasteiger partial charge in [0.15, 0.2) is 0 Å². The molecule has 0 N–H and O–H groups in total. The van der Waals surface area contributed by atoms with Crippen molar-refractivity contribution in [1.29, 1.82) is 0 Å². The lowest BCUT2D eigenvalue weighted by molar-refractivity contribution is -0.131. The van der Waals surface area contributed by atoms with Crippen molar-refractivity contribution in [2.45, 2.75) is 47.2 Å². The lowest BCUT2D eigenvalue weighted by Gasteiger charge is -2.23. The molecule has 1 aromatic heterocycles. The first kappa shape index (κ1) is 20.2. The smallest absolute Gasteiger partial charge is 0.227 e. The zero-order valence-electron chi connectivity index (χ0n) is 16.7. The maximum atomic E-state index is 13.0. The minimum atomic E-state index is 0.112. The molecule has 0 atom stereocenters. The Labute approximate surface area is 157 Å². The van der Waals surface area contributed by atoms with E-state index in [-0.39, 0.29) is 5.91 Å². The number of ether oxygens (including phenoxy) is 1. The Hall–Kier alpha value is -2.14. The number of hydrogen-bond acceptors (Lipinski definition) is 3. The fourth-order valence-corrected chi connectivity index (χ4v) is 3.07. The summed E-state index contributed by atoms with van der Waals surface area (Å²) in [5.74, 6) is 0.633. The highest BCUT2D eigenvalue weighted by atomic mass is 16.5. The van der Waals surface area contributed by atoms with Crippen molar-refractivity contribution in [3.8, 4) is 0 Å². The molecular weight excluding hydrogens is 326 g/mol. The van der Waals surface area contributed by atoms with Gasteiger partial charge < -0.3 is 9.64 Å². The molecular formula is C21H31N3O2. The molecule has 5 nitrogen and oxygen atoms in total. The summed E-state index contributed by atoms with van der Waals surface area (Å²) in [5, 5.41) is 4.63. The maximum Gasteiger partial charge on any atom is 0.227 e. The summed E-state index contributed by atoms with van der Waals surface area (Å²) >= 11 is 0. The quantitative estimate of drug-likeness (QED) is 0.691. The molecule has 2 aromatic rings. The normalized spacial score (nSPS) is 11.2. The lowest BCUT2D eigenvalue weighted by Crippen LogP contribution is -2.34. The van der Waals surface area contributed by atoms with Crippen molar-refractivity contribution in [3.05, 3.63) is 52.8 Å². The van der Waals surface area contributed by atoms with Gasteiger partial charge in [0.2, 0.25) is 5.91 Å². The van der Waals surface area contributed by atoms with Gasteiger partial charge in [-0.1, -0.05) is 44.2 Å². The van der Waals surface area contributed by atoms with E-state index in [2.05, 4.69) is 25.9 Å². The zero-order valence-corrected chi connectivity index (χ0v) is 16.7. The summed E-state index contributed by atoms with van der Waals surface area (Å²) in [7, 11) is 1.66. The fourth-order valence-electron chi connectivity index (χ4n) is 3.07. The molecule has 0 aliphatic rings. The lowest BCUT2D eigenvalue weighted by atomic mass is 10.1. The number of carbonyl (C=O) groups excluding carboxylic acids is 1. The zero-order chi connectivity index (χ0) is 19.1. The van der Waals surface area contributed by atoms with E-state index in [0.29, 0.717) is 32.0 Å². The molecule has 26 heavy (non-hydrogen) atoms. The molecule has 0 aliphatic heterocycles. The van der Waals surface area contributed by atoms with Crippen molar-refractivity contribution < 1.29 is 9.53 Å². The largest absolute Gasteiger partial charge is 0.383 e. The number of carbonyl (C=O) groups is 1. The SMILES string of the molecule is COCCN(Cc1ccccc1)C(=O)Cc1c(C)nn(CC(C)C)c1C. The third kappa shape index (κ3) is 5.43. The summed E-state index contributed by atoms with van der Waals surface area (Å²) < 4.78 is 7.22. The number of nitrogens with zero attached hydrogens (tertiary/aromatic N) is 3. The third-order valence-corrected chi connectivity index (χ3v) is 4.53. The van der Waals surface area contributed by atoms with Crippen LogP contribution in [0.25, 0.3) is 0 Å². The first-order valence-electron chi connectivity index (χ1n) is 9.25. The van der Waals surface area contributed by atoms with Crippen molar-refractivity contribution in [2.75, 3.05) is 20.3 Å². The molecule has 0 saturated heterocycles. The van der Waals surface area contributed by atoms with Crippen LogP contribution in [0.15, 0.2) is 30.3 Å². The summed E-state index contributed by atoms with van der Waals surface area (Å²) in [4.78, 5) is 14.9. The fraction of sp³-hybridized carbons (Fsp3) is 0.524. The second kappa shape index (κ2) is 9.53. The van der Waals surface area contributed by atoms with Crippen LogP contribution < -0.4 is 0 Å². The van der Waals surface area contributed by atoms with Gasteiger partial charge in [-0.2, -0.15) is 5.10 Å². The monoisotopic (exact) mass is 357 g/mol. The van der Waals surface area contributed by atoms with Gasteiger partial charge in [0.05, 0.1) is 18.7 Å². The molecule has 2 rings (SSSR count). The molecule has 0 radical (unpaired) electrons. The molecule has 1 heterocycles. The van der Waals surface area contributed by atoms with Crippen LogP contribution in [0.3, 0.4) is 0 Å². The molecule has 142 valence electrons. The van der Waals surface area contributed by atoms with Crippen LogP contribution in [0.2, 0.25) is 0 Å². The van der Waals surface area contributed by atoms with E-state index in [4.69, 9.17) is 4.74 Å². The van der Waals surface area contributed by atoms with Crippen LogP contribution in [-0.2, 0) is 29.0 Å². The van der Waals surface area contributed by atoms with Crippen molar-refractivity contribution in [1.82, 2.24) is 14.7 Å². The Morgan fingerprint density at radius 3 is 2.54 bits per heavy atom. The Bertz CT molecular complexity index is 708. The summed E-state index contributed by atoms with van der Waals surface area (Å²) in [6.45, 7) is 11.0. The van der Waals surface area contributed by atoms with E-state index in [1.165, 1.54) is 0 Å². The second-order valence-corrected chi connectivity index (χ2v) is 7.20. The van der Waals surface area contributed by atoms with Gasteiger partial charge in [0.25, 0.3) is 0 Å². The van der Waals surface area contributed by atoms with Crippen LogP contribution in [0, 0.1) is 19.8 Å². The minimum absolute atomic E-state index is 0.112. The van der Waals surface area contributed by atoms with Gasteiger partial charge in [0.1, 0.15) is 0 Å². The first-order chi connectivity index (χ1) is 12.4. The molecule has 1 amide bonds. The van der Waals surface area contributed by atoms with E-state index >= 15 is 0 Å². The van der Waals surface area contributed by atoms with E-state index in [1.54, 1.807) is 7.11 Å². The van der Waals surface area contributed by atoms with E-state index in [1.807, 2.05) is 46.8 Å². The summed E-state index contributed by atoms with van der Waals surface area (Å²) in [6, 6.07) is 10.1. The number of aryl methyl sites for hydroxylation is 1. The van der Waals surface area contributed by atoms with Crippen molar-refractivity contribution in [2.24, 2.45) is 5.92 Å². The molecule has 0 unspecified atom stereocenters. The van der Waals surface area contributed by atoms with Crippen LogP contribution in [-0.4, -0.2) is 40.8 Å². The Kier molecular flexibility index (Phi) is 7.39. The Balaban J connectivity index is 2.14. The predicted octanol–water partition coefficient (Wildman–Crippen LogP) is 3.37. The molecule has 1 aromatic carbocycles. The van der Waals surface area contributed by atoms with E-state index in [9.17, 15) is 4.79 Å². The van der Waals surface area contributed by atoms with Gasteiger partial charge in [-0.05, 0) is 25.3 Å². The molecule has 0 aliphatic carbocycles. The number of rotatable bonds is 9. The summed E-state index contributed by atoms with van der Waals surface area (Å²) in [6.07, 6.45) is 0.381. The highest BCUT2D eigenvalue weighted by Crippen LogP contribution is 2.17. The highest BCUT2D eigenvalue weighted by Gasteiger charge is 2.20. The second-order valence-electron chi connectivity index (χ2n) is 7.20. The number of hydrogen-bond donors (Lipinski definition) is 0. The standard InChI is InChI=1S/C21H31N3O2/c1-16(2)14-24-18(4)20(17(3)22-24)13-21(25)23(11-12-26-5)15-19-9-7-6-8-10-19/h6-10,16H,11-15H2,1-5H3. The number of aromatic nitrogens is 2. The average molecular weight is 357 g/mol. The topological polar surface area (TPSA) is 47.4 Å². The molecule has 0 fully saturated rings. The number of amides is 1. The van der Waals surface area contributed by atoms with Gasteiger partial charge in [-0.15, -0.1) is 0 Å². The van der Waals surface area contributed by atoms with Gasteiger partial charge >= 0.3 is 0 Å². The van der Waals surface area contributed by atoms with Gasteiger partial charge in [-0.3, -0.25) is 9.48 Å². The van der Waals surface area contributed by atoms with Crippen LogP contribution in [0.4, 0.5) is 0 Å². The van der Waals surface area contributed by atoms with Gasteiger partial charge in [-0.25, -0.2) is 0 Å². The predicted molar refractivity (Wildman–Crippen MR) is 104 cm³/mol. The molecule has 5 heteroatoms. The number of benzene rings is 1. The van der Waals surface area contributed by atoms with E-state index < -0.39 is 0 Å². The van der Waals surface area contributed by atoms with Crippen LogP contribution >= 0.6 is 0 Å². The van der Waals surface area contributed by atoms with Crippen LogP contribution in [0.1, 0.15) is 36.4 Å². The molecule has 0 bridgehead atoms. The molecule has 0 saturated carbocycles. The number of methoxy groups -OCH3 is 1. The van der Waals surface area contributed by atoms with Crippen molar-refractivity contribution >= 4 is 5.91 Å². The maximum absolute atomic E-state index is 13.0. The highest BCUT2D eigenvalue weighted by molar-refractivity contribution is 5.79. The van der Waals surface area contributed by atoms with Crippen molar-refractivity contribution in [3.63, 3.8) is 0 Å². The molecule has 0 spiro atoms. The Morgan fingerprint density at radius 2 is 1.92 bits per heavy atom. The minimum Gasteiger partial charge on any atom is -0.383 e. The average Bonchev–Trinajstić information content (AvgIpc) is 2.86. The van der Waals surface area contributed by atoms with Crippen LogP contribution in [0.5, 0.6) is 0 Å². The van der Waals surface area contributed by atoms with Gasteiger partial charge in [0, 0.05) is 38.0 Å². The first-order valence-corrected chi connectivity index (χ1v) is 9.25. The third-order valence-electron chi connectivity index (χ3n) is 4.53.